The first-order valence-electron chi connectivity index (χ1n) is 3.64. The zero-order chi connectivity index (χ0) is 8.77. The Kier molecular flexibility index (Phi) is 1.38. The maximum Gasteiger partial charge on any atom is 0.196 e. The van der Waals surface area contributed by atoms with Crippen LogP contribution in [0.5, 0.6) is 0 Å². The van der Waals surface area contributed by atoms with E-state index in [1.807, 2.05) is 24.3 Å². The van der Waals surface area contributed by atoms with E-state index in [4.69, 9.17) is 0 Å². The summed E-state index contributed by atoms with van der Waals surface area (Å²) in [6.07, 6.45) is 0. The zero-order valence-electron chi connectivity index (χ0n) is 6.61. The van der Waals surface area contributed by atoms with Crippen molar-refractivity contribution >= 4 is 20.2 Å². The second-order valence-corrected chi connectivity index (χ2v) is 4.74. The summed E-state index contributed by atoms with van der Waals surface area (Å²) in [5.41, 5.74) is 0. The lowest BCUT2D eigenvalue weighted by atomic mass is 10.2. The third kappa shape index (κ3) is 0.898. The first-order valence-corrected chi connectivity index (χ1v) is 5.19. The number of rotatable bonds is 0. The fourth-order valence-electron chi connectivity index (χ4n) is 1.33. The van der Waals surface area contributed by atoms with Crippen molar-refractivity contribution in [2.75, 3.05) is 0 Å². The van der Waals surface area contributed by atoms with E-state index >= 15 is 0 Å². The SMILES string of the molecule is CC1=c2ccccc2=CS1(=O)=O. The third-order valence-electron chi connectivity index (χ3n) is 2.05. The van der Waals surface area contributed by atoms with Gasteiger partial charge in [0, 0.05) is 5.41 Å². The van der Waals surface area contributed by atoms with E-state index in [0.29, 0.717) is 4.91 Å². The molecule has 0 N–H and O–H groups in total. The van der Waals surface area contributed by atoms with Crippen LogP contribution >= 0.6 is 0 Å². The molecule has 2 rings (SSSR count). The molecule has 0 aliphatic carbocycles. The quantitative estimate of drug-likeness (QED) is 0.562. The standard InChI is InChI=1S/C9H8O2S/c1-7-9-5-3-2-4-8(9)6-12(7,10)11/h2-6H,1H3. The molecule has 1 heterocycles. The van der Waals surface area contributed by atoms with Gasteiger partial charge in [0.15, 0.2) is 9.84 Å². The van der Waals surface area contributed by atoms with Crippen molar-refractivity contribution in [2.45, 2.75) is 6.92 Å². The van der Waals surface area contributed by atoms with E-state index in [1.165, 1.54) is 5.41 Å². The Morgan fingerprint density at radius 1 is 1.17 bits per heavy atom. The number of fused-ring (bicyclic) bond motifs is 1. The lowest BCUT2D eigenvalue weighted by Crippen LogP contribution is -2.21. The number of hydrogen-bond acceptors (Lipinski definition) is 2. The molecule has 0 amide bonds. The predicted molar refractivity (Wildman–Crippen MR) is 48.2 cm³/mol. The van der Waals surface area contributed by atoms with Crippen LogP contribution in [0.1, 0.15) is 6.92 Å². The van der Waals surface area contributed by atoms with Crippen molar-refractivity contribution in [3.8, 4) is 0 Å². The summed E-state index contributed by atoms with van der Waals surface area (Å²) in [6, 6.07) is 7.32. The molecule has 3 heteroatoms. The first kappa shape index (κ1) is 7.55. The monoisotopic (exact) mass is 180 g/mol. The van der Waals surface area contributed by atoms with Gasteiger partial charge in [-0.25, -0.2) is 8.42 Å². The smallest absolute Gasteiger partial charge is 0.196 e. The van der Waals surface area contributed by atoms with E-state index in [2.05, 4.69) is 0 Å². The highest BCUT2D eigenvalue weighted by atomic mass is 32.2. The maximum absolute atomic E-state index is 11.3. The molecule has 2 nitrogen and oxygen atoms in total. The van der Waals surface area contributed by atoms with Gasteiger partial charge in [0.25, 0.3) is 0 Å². The molecule has 1 aromatic rings. The molecule has 0 radical (unpaired) electrons. The second kappa shape index (κ2) is 2.20. The fourth-order valence-corrected chi connectivity index (χ4v) is 2.54. The van der Waals surface area contributed by atoms with Crippen LogP contribution in [0.25, 0.3) is 10.3 Å². The van der Waals surface area contributed by atoms with Crippen molar-refractivity contribution < 1.29 is 8.42 Å². The van der Waals surface area contributed by atoms with Gasteiger partial charge in [-0.3, -0.25) is 0 Å². The minimum Gasteiger partial charge on any atom is -0.219 e. The molecular formula is C9H8O2S. The predicted octanol–water partition coefficient (Wildman–Crippen LogP) is -0.0189. The summed E-state index contributed by atoms with van der Waals surface area (Å²) < 4.78 is 22.7. The van der Waals surface area contributed by atoms with Crippen LogP contribution in [0.2, 0.25) is 0 Å². The Bertz CT molecular complexity index is 538. The summed E-state index contributed by atoms with van der Waals surface area (Å²) in [4.78, 5) is 0.457. The highest BCUT2D eigenvalue weighted by Crippen LogP contribution is 2.09. The summed E-state index contributed by atoms with van der Waals surface area (Å²) in [5, 5.41) is 2.95. The van der Waals surface area contributed by atoms with Crippen molar-refractivity contribution in [3.63, 3.8) is 0 Å². The highest BCUT2D eigenvalue weighted by molar-refractivity contribution is 8.07. The second-order valence-electron chi connectivity index (χ2n) is 2.81. The van der Waals surface area contributed by atoms with Crippen LogP contribution in [0.4, 0.5) is 0 Å². The Balaban J connectivity index is 3.10. The summed E-state index contributed by atoms with van der Waals surface area (Å²) in [6.45, 7) is 1.64. The zero-order valence-corrected chi connectivity index (χ0v) is 7.43. The van der Waals surface area contributed by atoms with Gasteiger partial charge in [-0.1, -0.05) is 24.3 Å². The van der Waals surface area contributed by atoms with Crippen LogP contribution in [-0.2, 0) is 9.84 Å². The number of hydrogen-bond donors (Lipinski definition) is 0. The van der Waals surface area contributed by atoms with E-state index in [9.17, 15) is 8.42 Å². The molecule has 0 atom stereocenters. The largest absolute Gasteiger partial charge is 0.219 e. The van der Waals surface area contributed by atoms with Crippen molar-refractivity contribution in [3.05, 3.63) is 34.7 Å². The van der Waals surface area contributed by atoms with Gasteiger partial charge < -0.3 is 0 Å². The molecular weight excluding hydrogens is 172 g/mol. The van der Waals surface area contributed by atoms with Gasteiger partial charge in [-0.05, 0) is 17.4 Å². The molecule has 62 valence electrons. The fraction of sp³-hybridized carbons (Fsp3) is 0.111. The molecule has 0 aromatic heterocycles. The maximum atomic E-state index is 11.3. The first-order chi connectivity index (χ1) is 5.61. The summed E-state index contributed by atoms with van der Waals surface area (Å²) in [7, 11) is -3.09. The molecule has 1 aliphatic rings. The van der Waals surface area contributed by atoms with Gasteiger partial charge >= 0.3 is 0 Å². The highest BCUT2D eigenvalue weighted by Gasteiger charge is 2.15. The topological polar surface area (TPSA) is 34.1 Å². The number of sulfone groups is 1. The number of benzene rings is 1. The average molecular weight is 180 g/mol. The van der Waals surface area contributed by atoms with Crippen molar-refractivity contribution in [1.29, 1.82) is 0 Å². The Hall–Kier alpha value is -1.09. The van der Waals surface area contributed by atoms with Gasteiger partial charge in [0.2, 0.25) is 0 Å². The molecule has 0 spiro atoms. The lowest BCUT2D eigenvalue weighted by molar-refractivity contribution is 0.615. The minimum atomic E-state index is -3.09. The Labute approximate surface area is 70.8 Å². The molecule has 1 aromatic carbocycles. The molecule has 0 unspecified atom stereocenters. The normalized spacial score (nSPS) is 18.6. The van der Waals surface area contributed by atoms with Crippen molar-refractivity contribution in [2.24, 2.45) is 0 Å². The van der Waals surface area contributed by atoms with Crippen molar-refractivity contribution in [1.82, 2.24) is 0 Å². The van der Waals surface area contributed by atoms with Gasteiger partial charge in [-0.2, -0.15) is 0 Å². The minimum absolute atomic E-state index is 0.457. The molecule has 12 heavy (non-hydrogen) atoms. The van der Waals surface area contributed by atoms with E-state index in [-0.39, 0.29) is 0 Å². The van der Waals surface area contributed by atoms with Gasteiger partial charge in [0.05, 0.1) is 4.91 Å². The van der Waals surface area contributed by atoms with Gasteiger partial charge in [-0.15, -0.1) is 0 Å². The van der Waals surface area contributed by atoms with E-state index in [0.717, 1.165) is 10.4 Å². The third-order valence-corrected chi connectivity index (χ3v) is 3.69. The van der Waals surface area contributed by atoms with Crippen LogP contribution < -0.4 is 10.4 Å². The molecule has 0 saturated carbocycles. The van der Waals surface area contributed by atoms with Crippen LogP contribution in [0.3, 0.4) is 0 Å². The molecule has 0 fully saturated rings. The lowest BCUT2D eigenvalue weighted by Gasteiger charge is -1.89. The molecule has 1 aliphatic heterocycles. The molecule has 0 saturated heterocycles. The average Bonchev–Trinajstić information content (AvgIpc) is 2.24. The Morgan fingerprint density at radius 3 is 2.50 bits per heavy atom. The van der Waals surface area contributed by atoms with E-state index in [1.54, 1.807) is 6.92 Å². The van der Waals surface area contributed by atoms with E-state index < -0.39 is 9.84 Å². The van der Waals surface area contributed by atoms with Crippen LogP contribution in [-0.4, -0.2) is 8.42 Å². The van der Waals surface area contributed by atoms with Crippen LogP contribution in [0, 0.1) is 0 Å². The Morgan fingerprint density at radius 2 is 1.83 bits per heavy atom. The van der Waals surface area contributed by atoms with Crippen LogP contribution in [0.15, 0.2) is 24.3 Å². The molecule has 0 bridgehead atoms. The summed E-state index contributed by atoms with van der Waals surface area (Å²) in [5.74, 6) is 0. The summed E-state index contributed by atoms with van der Waals surface area (Å²) >= 11 is 0. The van der Waals surface area contributed by atoms with Gasteiger partial charge in [0.1, 0.15) is 0 Å².